The Hall–Kier alpha value is -10.3. The second kappa shape index (κ2) is 78.2. The number of aromatic hydroxyl groups is 1. The molecule has 31 heteroatoms. The van der Waals surface area contributed by atoms with Crippen LogP contribution in [0.25, 0.3) is 5.59 Å². The fraction of sp³-hybridized carbons (Fsp3) is 0.257. The van der Waals surface area contributed by atoms with Gasteiger partial charge in [0.05, 0.1) is 99.2 Å². The molecule has 132 heavy (non-hydrogen) atoms. The number of hydrogen-bond donors (Lipinski definition) is 5. The number of nitrogens with zero attached hydrogens (tertiary/aromatic N) is 5. The Labute approximate surface area is 837 Å². The molecule has 0 atom stereocenters. The third kappa shape index (κ3) is 50.0. The summed E-state index contributed by atoms with van der Waals surface area (Å²) in [5, 5.41) is 52.3. The molecule has 0 spiro atoms. The first-order valence-electron chi connectivity index (χ1n) is 41.0. The Balaban J connectivity index is 0. The minimum Gasteiger partial charge on any atom is -0.0622 e. The number of hydrogen-bond acceptors (Lipinski definition) is 18. The number of phenolic OH excluding ortho intramolecular Hbond substituents is 1. The van der Waals surface area contributed by atoms with Gasteiger partial charge in [0.2, 0.25) is 0 Å². The zero-order chi connectivity index (χ0) is 97.2. The van der Waals surface area contributed by atoms with Crippen molar-refractivity contribution in [1.29, 1.82) is 0 Å². The molecule has 6 N–H and O–H groups in total. The van der Waals surface area contributed by atoms with E-state index in [1.807, 2.05) is 12.1 Å². The van der Waals surface area contributed by atoms with Gasteiger partial charge in [0, 0.05) is 20.9 Å². The van der Waals surface area contributed by atoms with E-state index in [0.29, 0.717) is 44.0 Å². The number of halogens is 4. The van der Waals surface area contributed by atoms with Crippen molar-refractivity contribution >= 4 is 128 Å². The number of carbonyl (C=O) groups is 5. The van der Waals surface area contributed by atoms with Crippen LogP contribution in [0.15, 0.2) is 303 Å². The van der Waals surface area contributed by atoms with Crippen molar-refractivity contribution in [3.63, 3.8) is 0 Å². The second-order valence-electron chi connectivity index (χ2n) is 26.2. The van der Waals surface area contributed by atoms with Crippen LogP contribution in [0.4, 0.5) is 0 Å². The van der Waals surface area contributed by atoms with Gasteiger partial charge in [0.1, 0.15) is 28.7 Å². The van der Waals surface area contributed by atoms with Crippen molar-refractivity contribution in [2.75, 3.05) is 63.5 Å². The zero-order valence-corrected chi connectivity index (χ0v) is 86.9. The first-order valence-corrected chi connectivity index (χ1v) is 49.3. The van der Waals surface area contributed by atoms with E-state index in [9.17, 15) is 29.1 Å². The number of carbonyl (C=O) groups excluding carboxylic acids is 4. The largest absolute Gasteiger partial charge is 1.00 e. The summed E-state index contributed by atoms with van der Waals surface area (Å²) >= 11 is 6.28. The number of aryl methyl sites for hydroxylation is 2. The number of unbranched alkanes of at least 4 members (excludes halogenated alkanes) is 6. The molecular formula is C101H119Br2Cl2N6NaO17P2Pd. The summed E-state index contributed by atoms with van der Waals surface area (Å²) in [5.74, 6) is 13.3. The van der Waals surface area contributed by atoms with Crippen LogP contribution in [0, 0.1) is 24.2 Å². The molecule has 11 aromatic rings. The van der Waals surface area contributed by atoms with E-state index < -0.39 is 27.8 Å². The van der Waals surface area contributed by atoms with Crippen molar-refractivity contribution in [1.82, 2.24) is 0 Å². The molecule has 0 fully saturated rings. The van der Waals surface area contributed by atoms with Gasteiger partial charge in [-0.15, -0.1) is 17.6 Å². The maximum atomic E-state index is 11.4. The number of esters is 4. The van der Waals surface area contributed by atoms with E-state index in [1.165, 1.54) is 92.0 Å². The number of aromatic carboxylic acids is 1. The maximum absolute atomic E-state index is 11.4. The fourth-order valence-corrected chi connectivity index (χ4v) is 16.2. The number of rotatable bonds is 27. The number of phenols is 1. The number of terminal acetylenes is 1. The Morgan fingerprint density at radius 1 is 0.439 bits per heavy atom. The molecule has 0 aliphatic carbocycles. The summed E-state index contributed by atoms with van der Waals surface area (Å²) in [5.41, 5.74) is 7.31. The molecule has 0 aromatic heterocycles. The molecule has 0 saturated heterocycles. The maximum Gasteiger partial charge on any atom is 1.00 e. The molecule has 0 amide bonds. The van der Waals surface area contributed by atoms with Gasteiger partial charge in [-0.1, -0.05) is 265 Å². The van der Waals surface area contributed by atoms with E-state index in [-0.39, 0.29) is 82.8 Å². The van der Waals surface area contributed by atoms with Gasteiger partial charge in [-0.05, 0) is 215 Å². The van der Waals surface area contributed by atoms with Gasteiger partial charge >= 0.3 is 94.4 Å². The average Bonchev–Trinajstić information content (AvgIpc) is 0.820. The molecule has 704 valence electrons. The molecule has 11 aromatic carbocycles. The van der Waals surface area contributed by atoms with Crippen LogP contribution in [0.5, 0.6) is 28.7 Å². The van der Waals surface area contributed by atoms with Gasteiger partial charge in [-0.2, -0.15) is 0 Å². The molecule has 0 bridgehead atoms. The minimum atomic E-state index is -0.918. The number of ether oxygens (including phenoxy) is 8. The number of benzene rings is 11. The first kappa shape index (κ1) is 122. The van der Waals surface area contributed by atoms with Gasteiger partial charge in [-0.25, -0.2) is 34.4 Å². The standard InChI is InChI=1S/2C18H15P.C14H20O3.C14H16O3.C13H18O3.C9H9BrO3.C8H7BrO3.C5H8.C2H6O.2ClH.H3N6O.Na.Pd.H2/c2*1-4-10-16(11-5-1)19(17-12-6-2-7-13-17)18-14-8-3-9-15-18;2*1-4-5-6-7-11-8-9-12(14(15)17-3)10-13(11)16-2;1-3-4-5-6-10-7-8-11(13(14)15)9-12(10)16-2;1-12-8-5-6(9(11)13-2)3-4-7(8)10;1-12-8(11)5-2-3-6(9)7(10)4-5;1-3-5-4-2;1-2-3;;;1-2-3-4-5-6-7;;;/h2*1-15H;8-10H,4-7H2,1-3H3;8-10H,4-5H2,1-3H3;7-9H,3-6H2,1-2H3,(H,14,15);3-5H,1-2H3;2-4,10H,1H3;1H,4-5H2,2H3;3H,2H2,1H3;2*1H;(H3-,1,2,3,4,5,6,7);;;1H/q;;;;;;;;;;;-1;+1;+2;/p-2. The number of methoxy groups -OCH3 is 8. The molecule has 0 saturated carbocycles. The van der Waals surface area contributed by atoms with E-state index in [4.69, 9.17) is 59.8 Å². The van der Waals surface area contributed by atoms with Crippen molar-refractivity contribution in [3.05, 3.63) is 332 Å². The smallest absolute Gasteiger partial charge is 0.0622 e. The summed E-state index contributed by atoms with van der Waals surface area (Å²) in [7, 11) is 20.4. The van der Waals surface area contributed by atoms with Crippen LogP contribution in [-0.2, 0) is 47.7 Å². The number of aliphatic hydroxyl groups is 1. The van der Waals surface area contributed by atoms with Crippen LogP contribution in [0.3, 0.4) is 0 Å². The van der Waals surface area contributed by atoms with Crippen molar-refractivity contribution in [2.24, 2.45) is 26.7 Å². The summed E-state index contributed by atoms with van der Waals surface area (Å²) in [6, 6.07) is 89.8. The van der Waals surface area contributed by atoms with Gasteiger partial charge in [0.25, 0.3) is 0 Å². The van der Waals surface area contributed by atoms with Gasteiger partial charge in [-0.3, -0.25) is 5.59 Å². The zero-order valence-electron chi connectivity index (χ0n) is 76.9. The predicted molar refractivity (Wildman–Crippen MR) is 536 cm³/mol. The van der Waals surface area contributed by atoms with Crippen LogP contribution in [-0.4, -0.2) is 114 Å². The van der Waals surface area contributed by atoms with Gasteiger partial charge < -0.3 is 64.3 Å². The van der Waals surface area contributed by atoms with E-state index >= 15 is 0 Å². The van der Waals surface area contributed by atoms with Crippen molar-refractivity contribution < 1.29 is 129 Å². The van der Waals surface area contributed by atoms with Crippen molar-refractivity contribution in [2.45, 2.75) is 112 Å². The van der Waals surface area contributed by atoms with E-state index in [1.54, 1.807) is 108 Å². The Bertz CT molecular complexity index is 4880. The Kier molecular flexibility index (Phi) is 72.1. The van der Waals surface area contributed by atoms with Crippen LogP contribution in [0.2, 0.25) is 0 Å². The Morgan fingerprint density at radius 2 is 0.742 bits per heavy atom. The van der Waals surface area contributed by atoms with E-state index in [2.05, 4.69) is 311 Å². The van der Waals surface area contributed by atoms with Crippen LogP contribution < -0.4 is 86.2 Å². The quantitative estimate of drug-likeness (QED) is 0.00367. The summed E-state index contributed by atoms with van der Waals surface area (Å²) in [6.07, 6.45) is 17.7. The number of carboxylic acid groups (broad SMARTS) is 1. The second-order valence-corrected chi connectivity index (χ2v) is 34.7. The molecule has 11 rings (SSSR count). The predicted octanol–water partition coefficient (Wildman–Crippen LogP) is 20.5. The molecule has 0 aliphatic heterocycles. The Morgan fingerprint density at radius 3 is 1.03 bits per heavy atom. The topological polar surface area (TPSA) is 330 Å². The monoisotopic (exact) mass is 2110 g/mol. The first-order chi connectivity index (χ1) is 63.5. The number of aliphatic hydroxyl groups excluding tert-OH is 1. The third-order valence-corrected chi connectivity index (χ3v) is 23.4. The summed E-state index contributed by atoms with van der Waals surface area (Å²) in [4.78, 5) is 55.5. The fourth-order valence-electron chi connectivity index (χ4n) is 11.0. The SMILES string of the molecule is C#CCCC.CCCC#Cc1ccc(C(=O)OC)cc1OC.CCCCCc1ccc(C(=O)O)cc1OC.CCCCCc1ccc(C(=O)OC)cc1OC.CCO.COC(=O)c1ccc(Br)c(O)c1.COC(=O)c1ccc(Br)c(OC)c1.N/N=N/N=N/[N-]O.[Cl][Pd][Cl].[HH].[Na+].c1ccc(P(c2ccccc2)c2ccccc2)cc1.c1ccc(P(c2ccccc2)c2ccccc2)cc1. The summed E-state index contributed by atoms with van der Waals surface area (Å²) < 4.78 is 40.4. The molecule has 0 heterocycles. The molecule has 23 nitrogen and oxygen atoms in total. The van der Waals surface area contributed by atoms with E-state index in [0.717, 1.165) is 78.3 Å². The van der Waals surface area contributed by atoms with Crippen LogP contribution >= 0.6 is 66.8 Å². The molecule has 0 aliphatic rings. The average molecular weight is 2110 g/mol. The third-order valence-electron chi connectivity index (χ3n) is 17.2. The number of nitrogens with two attached hydrogens (primary N) is 1. The minimum absolute atomic E-state index is 0. The molecular weight excluding hydrogens is 1990 g/mol. The summed E-state index contributed by atoms with van der Waals surface area (Å²) in [6.45, 7) is 10.4. The van der Waals surface area contributed by atoms with Crippen molar-refractivity contribution in [3.8, 4) is 52.9 Å². The number of carboxylic acids is 1. The van der Waals surface area contributed by atoms with Crippen LogP contribution in [0.1, 0.15) is 169 Å². The van der Waals surface area contributed by atoms with Gasteiger partial charge in [0.15, 0.2) is 0 Å². The molecule has 0 unspecified atom stereocenters. The normalized spacial score (nSPS) is 9.67. The molecule has 0 radical (unpaired) electrons.